The molecule has 3 aromatic heterocycles. The predicted octanol–water partition coefficient (Wildman–Crippen LogP) is 7.28. The van der Waals surface area contributed by atoms with Crippen LogP contribution in [-0.2, 0) is 0 Å². The number of benzene rings is 3. The van der Waals surface area contributed by atoms with Crippen LogP contribution < -0.4 is 10.1 Å². The molecule has 0 saturated heterocycles. The average molecular weight is 504 g/mol. The Bertz CT molecular complexity index is 1690. The molecule has 0 aliphatic rings. The number of ether oxygens (including phenoxy) is 1. The number of thiophene rings is 1. The molecule has 0 amide bonds. The van der Waals surface area contributed by atoms with Crippen LogP contribution in [0.25, 0.3) is 28.2 Å². The summed E-state index contributed by atoms with van der Waals surface area (Å²) >= 11 is 1.60. The number of anilines is 2. The Labute approximate surface area is 217 Å². The Morgan fingerprint density at radius 1 is 0.919 bits per heavy atom. The van der Waals surface area contributed by atoms with Crippen LogP contribution >= 0.6 is 11.3 Å². The molecule has 0 fully saturated rings. The van der Waals surface area contributed by atoms with E-state index in [0.29, 0.717) is 28.4 Å². The largest absolute Gasteiger partial charge is 0.457 e. The minimum absolute atomic E-state index is 0.0117. The molecule has 0 bridgehead atoms. The Morgan fingerprint density at radius 3 is 2.49 bits per heavy atom. The normalized spacial score (nSPS) is 10.9. The number of ketones is 1. The van der Waals surface area contributed by atoms with E-state index in [4.69, 9.17) is 14.7 Å². The number of Topliss-reactive ketones (excluding diaryl/α,β-unsaturated/α-hetero) is 1. The number of imidazole rings is 1. The van der Waals surface area contributed by atoms with Crippen LogP contribution in [0.5, 0.6) is 11.5 Å². The summed E-state index contributed by atoms with van der Waals surface area (Å²) in [5, 5.41) is 7.45. The van der Waals surface area contributed by atoms with E-state index >= 15 is 0 Å². The first-order valence-corrected chi connectivity index (χ1v) is 12.6. The molecule has 0 radical (unpaired) electrons. The molecule has 7 nitrogen and oxygen atoms in total. The van der Waals surface area contributed by atoms with Gasteiger partial charge >= 0.3 is 0 Å². The Balaban J connectivity index is 1.40. The average Bonchev–Trinajstić information content (AvgIpc) is 3.61. The van der Waals surface area contributed by atoms with Gasteiger partial charge in [-0.05, 0) is 60.8 Å². The number of fused-ring (bicyclic) bond motifs is 1. The summed E-state index contributed by atoms with van der Waals surface area (Å²) in [6, 6.07) is 26.7. The number of carbonyl (C=O) groups excluding carboxylic acids is 1. The second-order valence-corrected chi connectivity index (χ2v) is 9.15. The van der Waals surface area contributed by atoms with E-state index in [0.717, 1.165) is 28.4 Å². The lowest BCUT2D eigenvalue weighted by Gasteiger charge is -2.11. The highest BCUT2D eigenvalue weighted by Gasteiger charge is 2.17. The Hall–Kier alpha value is -4.82. The van der Waals surface area contributed by atoms with Gasteiger partial charge in [-0.15, -0.1) is 0 Å². The van der Waals surface area contributed by atoms with Gasteiger partial charge in [0.15, 0.2) is 28.6 Å². The first-order valence-electron chi connectivity index (χ1n) is 11.6. The SMILES string of the molecule is CC(=O)c1cccc(-c2nc(Nc3ccc(Oc4ccccc4)cc3)c3ncn(-c4ccsc4)c3n2)c1. The number of hydrogen-bond donors (Lipinski definition) is 1. The molecule has 0 aliphatic heterocycles. The van der Waals surface area contributed by atoms with Gasteiger partial charge in [-0.25, -0.2) is 15.0 Å². The molecule has 0 saturated carbocycles. The lowest BCUT2D eigenvalue weighted by atomic mass is 10.1. The summed E-state index contributed by atoms with van der Waals surface area (Å²) in [4.78, 5) is 26.3. The van der Waals surface area contributed by atoms with E-state index in [2.05, 4.69) is 10.3 Å². The van der Waals surface area contributed by atoms with Gasteiger partial charge in [-0.2, -0.15) is 11.3 Å². The van der Waals surface area contributed by atoms with Crippen LogP contribution in [0.1, 0.15) is 17.3 Å². The predicted molar refractivity (Wildman–Crippen MR) is 146 cm³/mol. The molecular weight excluding hydrogens is 482 g/mol. The fourth-order valence-corrected chi connectivity index (χ4v) is 4.57. The molecular formula is C29H21N5O2S. The summed E-state index contributed by atoms with van der Waals surface area (Å²) < 4.78 is 7.85. The molecule has 180 valence electrons. The van der Waals surface area contributed by atoms with Crippen LogP contribution in [0.2, 0.25) is 0 Å². The highest BCUT2D eigenvalue weighted by Crippen LogP contribution is 2.30. The minimum atomic E-state index is -0.0117. The lowest BCUT2D eigenvalue weighted by Crippen LogP contribution is -2.02. The van der Waals surface area contributed by atoms with Gasteiger partial charge in [0.2, 0.25) is 0 Å². The molecule has 3 heterocycles. The highest BCUT2D eigenvalue weighted by molar-refractivity contribution is 7.08. The maximum atomic E-state index is 12.0. The third-order valence-corrected chi connectivity index (χ3v) is 6.47. The number of rotatable bonds is 7. The van der Waals surface area contributed by atoms with Crippen LogP contribution in [0.3, 0.4) is 0 Å². The van der Waals surface area contributed by atoms with Crippen LogP contribution in [0.4, 0.5) is 11.5 Å². The van der Waals surface area contributed by atoms with E-state index < -0.39 is 0 Å². The van der Waals surface area contributed by atoms with E-state index in [-0.39, 0.29) is 5.78 Å². The third-order valence-electron chi connectivity index (χ3n) is 5.80. The van der Waals surface area contributed by atoms with Crippen LogP contribution in [-0.4, -0.2) is 25.3 Å². The number of nitrogens with one attached hydrogen (secondary N) is 1. The third kappa shape index (κ3) is 4.70. The monoisotopic (exact) mass is 503 g/mol. The first kappa shape index (κ1) is 22.6. The minimum Gasteiger partial charge on any atom is -0.457 e. The van der Waals surface area contributed by atoms with Gasteiger partial charge in [0, 0.05) is 22.2 Å². The Morgan fingerprint density at radius 2 is 1.73 bits per heavy atom. The zero-order valence-electron chi connectivity index (χ0n) is 19.8. The molecule has 0 aliphatic carbocycles. The molecule has 37 heavy (non-hydrogen) atoms. The van der Waals surface area contributed by atoms with E-state index in [1.54, 1.807) is 30.7 Å². The van der Waals surface area contributed by atoms with Crippen molar-refractivity contribution in [3.05, 3.63) is 108 Å². The summed E-state index contributed by atoms with van der Waals surface area (Å²) in [5.74, 6) is 2.56. The molecule has 1 N–H and O–H groups in total. The standard InChI is InChI=1S/C29H21N5O2S/c1-19(35)20-6-5-7-21(16-20)27-32-28(26-29(33-27)34(18-30-26)23-14-15-37-17-23)31-22-10-12-25(13-11-22)36-24-8-3-2-4-9-24/h2-18H,1H3,(H,31,32,33). The number of carbonyl (C=O) groups is 1. The van der Waals surface area contributed by atoms with Crippen molar-refractivity contribution in [2.45, 2.75) is 6.92 Å². The van der Waals surface area contributed by atoms with Crippen molar-refractivity contribution in [2.75, 3.05) is 5.32 Å². The van der Waals surface area contributed by atoms with Crippen molar-refractivity contribution in [1.29, 1.82) is 0 Å². The molecule has 6 aromatic rings. The fourth-order valence-electron chi connectivity index (χ4n) is 3.94. The fraction of sp³-hybridized carbons (Fsp3) is 0.0345. The summed E-state index contributed by atoms with van der Waals surface area (Å²) in [6.45, 7) is 1.55. The van der Waals surface area contributed by atoms with Gasteiger partial charge in [0.05, 0.1) is 5.69 Å². The molecule has 3 aromatic carbocycles. The quantitative estimate of drug-likeness (QED) is 0.231. The van der Waals surface area contributed by atoms with Gasteiger partial charge in [0.25, 0.3) is 0 Å². The van der Waals surface area contributed by atoms with E-state index in [1.165, 1.54) is 0 Å². The topological polar surface area (TPSA) is 81.9 Å². The maximum absolute atomic E-state index is 12.0. The zero-order chi connectivity index (χ0) is 25.2. The second kappa shape index (κ2) is 9.67. The van der Waals surface area contributed by atoms with Crippen molar-refractivity contribution in [2.24, 2.45) is 0 Å². The Kier molecular flexibility index (Phi) is 5.92. The first-order chi connectivity index (χ1) is 18.1. The van der Waals surface area contributed by atoms with Gasteiger partial charge in [-0.3, -0.25) is 9.36 Å². The lowest BCUT2D eigenvalue weighted by molar-refractivity contribution is 0.101. The smallest absolute Gasteiger partial charge is 0.170 e. The zero-order valence-corrected chi connectivity index (χ0v) is 20.6. The number of para-hydroxylation sites is 1. The molecule has 0 atom stereocenters. The van der Waals surface area contributed by atoms with E-state index in [9.17, 15) is 4.79 Å². The molecule has 8 heteroatoms. The highest BCUT2D eigenvalue weighted by atomic mass is 32.1. The van der Waals surface area contributed by atoms with Crippen molar-refractivity contribution >= 4 is 39.8 Å². The van der Waals surface area contributed by atoms with Gasteiger partial charge in [-0.1, -0.05) is 36.4 Å². The number of nitrogens with zero attached hydrogens (tertiary/aromatic N) is 4. The summed E-state index contributed by atoms with van der Waals surface area (Å²) in [6.07, 6.45) is 1.75. The van der Waals surface area contributed by atoms with Gasteiger partial charge < -0.3 is 10.1 Å². The molecule has 0 unspecified atom stereocenters. The summed E-state index contributed by atoms with van der Waals surface area (Å²) in [5.41, 5.74) is 4.47. The van der Waals surface area contributed by atoms with Crippen LogP contribution in [0.15, 0.2) is 102 Å². The number of aromatic nitrogens is 4. The van der Waals surface area contributed by atoms with Crippen molar-refractivity contribution < 1.29 is 9.53 Å². The number of hydrogen-bond acceptors (Lipinski definition) is 7. The van der Waals surface area contributed by atoms with Crippen molar-refractivity contribution in [3.8, 4) is 28.6 Å². The van der Waals surface area contributed by atoms with Gasteiger partial charge in [0.1, 0.15) is 17.8 Å². The molecule has 6 rings (SSSR count). The molecule has 0 spiro atoms. The maximum Gasteiger partial charge on any atom is 0.170 e. The van der Waals surface area contributed by atoms with E-state index in [1.807, 2.05) is 94.2 Å². The second-order valence-electron chi connectivity index (χ2n) is 8.37. The summed E-state index contributed by atoms with van der Waals surface area (Å²) in [7, 11) is 0. The van der Waals surface area contributed by atoms with Crippen molar-refractivity contribution in [1.82, 2.24) is 19.5 Å². The van der Waals surface area contributed by atoms with Crippen LogP contribution in [0, 0.1) is 0 Å². The van der Waals surface area contributed by atoms with Crippen molar-refractivity contribution in [3.63, 3.8) is 0 Å².